The molecule has 0 aliphatic rings. The fraction of sp³-hybridized carbons (Fsp3) is 0.520. The number of rotatable bonds is 9. The predicted molar refractivity (Wildman–Crippen MR) is 120 cm³/mol. The predicted octanol–water partition coefficient (Wildman–Crippen LogP) is 4.83. The average molecular weight is 413 g/mol. The topological polar surface area (TPSA) is 53.8 Å². The molecule has 0 radical (unpaired) electrons. The van der Waals surface area contributed by atoms with Crippen molar-refractivity contribution in [2.75, 3.05) is 13.1 Å². The van der Waals surface area contributed by atoms with Crippen LogP contribution < -0.4 is 0 Å². The van der Waals surface area contributed by atoms with Crippen LogP contribution in [0.15, 0.2) is 46.9 Å². The van der Waals surface area contributed by atoms with E-state index < -0.39 is 0 Å². The molecule has 30 heavy (non-hydrogen) atoms. The molecule has 2 amide bonds. The zero-order chi connectivity index (χ0) is 22.3. The fourth-order valence-electron chi connectivity index (χ4n) is 3.32. The molecule has 164 valence electrons. The average Bonchev–Trinajstić information content (AvgIpc) is 3.06. The van der Waals surface area contributed by atoms with Gasteiger partial charge >= 0.3 is 0 Å². The zero-order valence-electron chi connectivity index (χ0n) is 19.3. The fourth-order valence-corrected chi connectivity index (χ4v) is 3.32. The molecule has 0 spiro atoms. The van der Waals surface area contributed by atoms with Crippen LogP contribution in [-0.4, -0.2) is 40.7 Å². The largest absolute Gasteiger partial charge is 0.464 e. The van der Waals surface area contributed by atoms with E-state index in [-0.39, 0.29) is 29.8 Å². The molecule has 0 atom stereocenters. The number of carbonyl (C=O) groups is 2. The minimum absolute atomic E-state index is 0.0164. The first-order chi connectivity index (χ1) is 14.0. The summed E-state index contributed by atoms with van der Waals surface area (Å²) in [6, 6.07) is 13.9. The zero-order valence-corrected chi connectivity index (χ0v) is 19.3. The van der Waals surface area contributed by atoms with Crippen molar-refractivity contribution in [1.29, 1.82) is 0 Å². The second-order valence-corrected chi connectivity index (χ2v) is 9.42. The number of furan rings is 1. The maximum Gasteiger partial charge on any atom is 0.242 e. The lowest BCUT2D eigenvalue weighted by molar-refractivity contribution is -0.143. The summed E-state index contributed by atoms with van der Waals surface area (Å²) in [4.78, 5) is 29.6. The summed E-state index contributed by atoms with van der Waals surface area (Å²) in [6.45, 7) is 13.0. The number of hydrogen-bond acceptors (Lipinski definition) is 3. The standard InChI is InChI=1S/C25H36N2O3/c1-19(2)27(23(28)16-25(4,5)6)18-24(29)26(17-22-13-12-20(3)30-22)15-14-21-10-8-7-9-11-21/h7-13,19H,14-18H2,1-6H3. The summed E-state index contributed by atoms with van der Waals surface area (Å²) in [5, 5.41) is 0. The Hall–Kier alpha value is -2.56. The number of aryl methyl sites for hydroxylation is 1. The Morgan fingerprint density at radius 3 is 2.20 bits per heavy atom. The first-order valence-electron chi connectivity index (χ1n) is 10.7. The van der Waals surface area contributed by atoms with Crippen LogP contribution in [0, 0.1) is 12.3 Å². The molecule has 5 heteroatoms. The third-order valence-electron chi connectivity index (χ3n) is 4.94. The second kappa shape index (κ2) is 10.5. The van der Waals surface area contributed by atoms with E-state index in [0.717, 1.165) is 17.9 Å². The first kappa shape index (κ1) is 23.7. The van der Waals surface area contributed by atoms with Crippen molar-refractivity contribution in [3.63, 3.8) is 0 Å². The van der Waals surface area contributed by atoms with E-state index in [9.17, 15) is 9.59 Å². The van der Waals surface area contributed by atoms with Gasteiger partial charge in [-0.05, 0) is 50.3 Å². The number of nitrogens with zero attached hydrogens (tertiary/aromatic N) is 2. The van der Waals surface area contributed by atoms with Crippen LogP contribution >= 0.6 is 0 Å². The van der Waals surface area contributed by atoms with E-state index in [1.165, 1.54) is 5.56 Å². The van der Waals surface area contributed by atoms with Crippen LogP contribution in [0.25, 0.3) is 0 Å². The lowest BCUT2D eigenvalue weighted by Gasteiger charge is -2.32. The normalized spacial score (nSPS) is 11.6. The second-order valence-electron chi connectivity index (χ2n) is 9.42. The van der Waals surface area contributed by atoms with E-state index in [2.05, 4.69) is 12.1 Å². The Morgan fingerprint density at radius 1 is 1.00 bits per heavy atom. The van der Waals surface area contributed by atoms with Gasteiger partial charge in [0.15, 0.2) is 0 Å². The van der Waals surface area contributed by atoms with Crippen LogP contribution in [0.2, 0.25) is 0 Å². The van der Waals surface area contributed by atoms with E-state index in [1.807, 2.05) is 71.9 Å². The molecule has 2 rings (SSSR count). The number of benzene rings is 1. The Kier molecular flexibility index (Phi) is 8.27. The van der Waals surface area contributed by atoms with Crippen molar-refractivity contribution in [3.8, 4) is 0 Å². The number of carbonyl (C=O) groups excluding carboxylic acids is 2. The summed E-state index contributed by atoms with van der Waals surface area (Å²) >= 11 is 0. The minimum atomic E-state index is -0.119. The Balaban J connectivity index is 2.13. The highest BCUT2D eigenvalue weighted by molar-refractivity contribution is 5.85. The first-order valence-corrected chi connectivity index (χ1v) is 10.7. The van der Waals surface area contributed by atoms with Gasteiger partial charge in [0, 0.05) is 19.0 Å². The number of amides is 2. The SMILES string of the molecule is Cc1ccc(CN(CCc2ccccc2)C(=O)CN(C(=O)CC(C)(C)C)C(C)C)o1. The van der Waals surface area contributed by atoms with Gasteiger partial charge in [-0.25, -0.2) is 0 Å². The van der Waals surface area contributed by atoms with Gasteiger partial charge in [-0.1, -0.05) is 51.1 Å². The van der Waals surface area contributed by atoms with Crippen molar-refractivity contribution in [2.24, 2.45) is 5.41 Å². The van der Waals surface area contributed by atoms with E-state index >= 15 is 0 Å². The molecule has 0 N–H and O–H groups in total. The molecule has 5 nitrogen and oxygen atoms in total. The highest BCUT2D eigenvalue weighted by atomic mass is 16.3. The van der Waals surface area contributed by atoms with Gasteiger partial charge in [-0.15, -0.1) is 0 Å². The maximum absolute atomic E-state index is 13.3. The molecule has 1 aromatic carbocycles. The smallest absolute Gasteiger partial charge is 0.242 e. The summed E-state index contributed by atoms with van der Waals surface area (Å²) in [5.74, 6) is 1.54. The van der Waals surface area contributed by atoms with Gasteiger partial charge < -0.3 is 14.2 Å². The van der Waals surface area contributed by atoms with Gasteiger partial charge in [-0.3, -0.25) is 9.59 Å². The van der Waals surface area contributed by atoms with Gasteiger partial charge in [0.25, 0.3) is 0 Å². The molecule has 0 saturated heterocycles. The van der Waals surface area contributed by atoms with Crippen LogP contribution in [0.5, 0.6) is 0 Å². The maximum atomic E-state index is 13.3. The van der Waals surface area contributed by atoms with E-state index in [1.54, 1.807) is 9.80 Å². The number of hydrogen-bond donors (Lipinski definition) is 0. The van der Waals surface area contributed by atoms with Gasteiger partial charge in [-0.2, -0.15) is 0 Å². The molecule has 0 fully saturated rings. The highest BCUT2D eigenvalue weighted by Crippen LogP contribution is 2.21. The third-order valence-corrected chi connectivity index (χ3v) is 4.94. The molecular weight excluding hydrogens is 376 g/mol. The van der Waals surface area contributed by atoms with Crippen molar-refractivity contribution in [1.82, 2.24) is 9.80 Å². The van der Waals surface area contributed by atoms with Crippen molar-refractivity contribution in [2.45, 2.75) is 67.0 Å². The van der Waals surface area contributed by atoms with Crippen LogP contribution in [0.3, 0.4) is 0 Å². The molecular formula is C25H36N2O3. The summed E-state index contributed by atoms with van der Waals surface area (Å²) < 4.78 is 5.71. The van der Waals surface area contributed by atoms with Gasteiger partial charge in [0.05, 0.1) is 13.1 Å². The Bertz CT molecular complexity index is 818. The minimum Gasteiger partial charge on any atom is -0.464 e. The van der Waals surface area contributed by atoms with Crippen molar-refractivity contribution in [3.05, 3.63) is 59.5 Å². The molecule has 0 aliphatic carbocycles. The summed E-state index contributed by atoms with van der Waals surface area (Å²) in [5.41, 5.74) is 1.06. The lowest BCUT2D eigenvalue weighted by Crippen LogP contribution is -2.46. The lowest BCUT2D eigenvalue weighted by atomic mass is 9.91. The van der Waals surface area contributed by atoms with Crippen molar-refractivity contribution < 1.29 is 14.0 Å². The Morgan fingerprint density at radius 2 is 1.67 bits per heavy atom. The molecule has 0 bridgehead atoms. The van der Waals surface area contributed by atoms with Gasteiger partial charge in [0.1, 0.15) is 11.5 Å². The summed E-state index contributed by atoms with van der Waals surface area (Å²) in [7, 11) is 0. The molecule has 1 aromatic heterocycles. The molecule has 0 unspecified atom stereocenters. The Labute approximate surface area is 181 Å². The van der Waals surface area contributed by atoms with Crippen LogP contribution in [0.1, 0.15) is 58.1 Å². The third kappa shape index (κ3) is 7.69. The molecule has 1 heterocycles. The van der Waals surface area contributed by atoms with Gasteiger partial charge in [0.2, 0.25) is 11.8 Å². The van der Waals surface area contributed by atoms with Crippen molar-refractivity contribution >= 4 is 11.8 Å². The molecule has 0 aliphatic heterocycles. The van der Waals surface area contributed by atoms with Crippen LogP contribution in [0.4, 0.5) is 0 Å². The summed E-state index contributed by atoms with van der Waals surface area (Å²) in [6.07, 6.45) is 1.17. The molecule has 0 saturated carbocycles. The monoisotopic (exact) mass is 412 g/mol. The highest BCUT2D eigenvalue weighted by Gasteiger charge is 2.27. The molecule has 2 aromatic rings. The van der Waals surface area contributed by atoms with E-state index in [0.29, 0.717) is 19.5 Å². The van der Waals surface area contributed by atoms with Crippen LogP contribution in [-0.2, 0) is 22.6 Å². The quantitative estimate of drug-likeness (QED) is 0.593. The van der Waals surface area contributed by atoms with E-state index in [4.69, 9.17) is 4.42 Å².